The largest absolute Gasteiger partial charge is 0.465 e. The molecule has 0 aliphatic carbocycles. The molecular weight excluding hydrogens is 548 g/mol. The molecule has 43 heavy (non-hydrogen) atoms. The second-order valence-electron chi connectivity index (χ2n) is 11.7. The maximum absolute atomic E-state index is 14.2. The third-order valence-corrected chi connectivity index (χ3v) is 8.44. The molecule has 3 fully saturated rings. The third-order valence-electron chi connectivity index (χ3n) is 8.44. The molecule has 3 aromatic rings. The maximum Gasteiger partial charge on any atom is 0.324 e. The van der Waals surface area contributed by atoms with Crippen molar-refractivity contribution < 1.29 is 33.3 Å². The number of esters is 1. The number of ether oxygens (including phenoxy) is 4. The topological polar surface area (TPSA) is 94.6 Å². The highest BCUT2D eigenvalue weighted by Crippen LogP contribution is 2.49. The average Bonchev–Trinajstić information content (AvgIpc) is 3.69. The number of imide groups is 1. The van der Waals surface area contributed by atoms with Crippen LogP contribution in [0.5, 0.6) is 0 Å². The number of rotatable bonds is 7. The molecule has 0 bridgehead atoms. The highest BCUT2D eigenvalue weighted by molar-refractivity contribution is 6.23. The van der Waals surface area contributed by atoms with Crippen molar-refractivity contribution >= 4 is 23.5 Å². The Morgan fingerprint density at radius 1 is 0.814 bits per heavy atom. The van der Waals surface area contributed by atoms with Crippen LogP contribution in [0.15, 0.2) is 103 Å². The summed E-state index contributed by atoms with van der Waals surface area (Å²) in [6.45, 7) is 3.96. The highest BCUT2D eigenvalue weighted by atomic mass is 16.8. The van der Waals surface area contributed by atoms with Gasteiger partial charge in [0.1, 0.15) is 24.5 Å². The van der Waals surface area contributed by atoms with Gasteiger partial charge >= 0.3 is 5.97 Å². The Labute approximate surface area is 249 Å². The van der Waals surface area contributed by atoms with Gasteiger partial charge in [0.25, 0.3) is 0 Å². The minimum absolute atomic E-state index is 0.0437. The quantitative estimate of drug-likeness (QED) is 0.304. The first-order valence-electron chi connectivity index (χ1n) is 14.5. The lowest BCUT2D eigenvalue weighted by molar-refractivity contribution is -0.184. The Morgan fingerprint density at radius 3 is 2.07 bits per heavy atom. The molecule has 3 aromatic carbocycles. The molecule has 7 rings (SSSR count). The third kappa shape index (κ3) is 4.93. The molecule has 0 saturated carbocycles. The molecule has 4 aliphatic heterocycles. The van der Waals surface area contributed by atoms with Gasteiger partial charge in [0, 0.05) is 6.54 Å². The lowest BCUT2D eigenvalue weighted by atomic mass is 9.88. The summed E-state index contributed by atoms with van der Waals surface area (Å²) in [5.41, 5.74) is 2.20. The molecule has 220 valence electrons. The fourth-order valence-electron chi connectivity index (χ4n) is 6.69. The zero-order valence-electron chi connectivity index (χ0n) is 23.9. The maximum atomic E-state index is 14.2. The number of anilines is 1. The minimum Gasteiger partial charge on any atom is -0.465 e. The second kappa shape index (κ2) is 10.8. The summed E-state index contributed by atoms with van der Waals surface area (Å²) in [5.74, 6) is -3.63. The van der Waals surface area contributed by atoms with Crippen molar-refractivity contribution in [1.82, 2.24) is 4.90 Å². The molecule has 4 aliphatic rings. The predicted octanol–water partition coefficient (Wildman–Crippen LogP) is 4.18. The summed E-state index contributed by atoms with van der Waals surface area (Å²) in [7, 11) is 0. The van der Waals surface area contributed by atoms with E-state index in [1.807, 2.05) is 91.6 Å². The average molecular weight is 581 g/mol. The van der Waals surface area contributed by atoms with E-state index in [-0.39, 0.29) is 12.5 Å². The molecule has 0 spiro atoms. The van der Waals surface area contributed by atoms with Crippen LogP contribution < -0.4 is 4.90 Å². The van der Waals surface area contributed by atoms with Crippen LogP contribution in [-0.4, -0.2) is 52.9 Å². The summed E-state index contributed by atoms with van der Waals surface area (Å²) in [6.07, 6.45) is 0.645. The summed E-state index contributed by atoms with van der Waals surface area (Å²) < 4.78 is 24.1. The van der Waals surface area contributed by atoms with Crippen molar-refractivity contribution in [3.8, 4) is 0 Å². The zero-order valence-corrected chi connectivity index (χ0v) is 23.9. The van der Waals surface area contributed by atoms with Gasteiger partial charge in [0.15, 0.2) is 5.79 Å². The molecular formula is C34H32N2O7. The van der Waals surface area contributed by atoms with Crippen molar-refractivity contribution in [2.75, 3.05) is 4.90 Å². The first-order chi connectivity index (χ1) is 20.8. The van der Waals surface area contributed by atoms with E-state index >= 15 is 0 Å². The lowest BCUT2D eigenvalue weighted by Crippen LogP contribution is -2.49. The molecule has 9 nitrogen and oxygen atoms in total. The Balaban J connectivity index is 1.30. The van der Waals surface area contributed by atoms with Crippen LogP contribution in [0, 0.1) is 11.8 Å². The number of fused-ring (bicyclic) bond motifs is 2. The van der Waals surface area contributed by atoms with Crippen LogP contribution in [0.3, 0.4) is 0 Å². The van der Waals surface area contributed by atoms with Crippen LogP contribution in [0.2, 0.25) is 0 Å². The van der Waals surface area contributed by atoms with Gasteiger partial charge in [-0.05, 0) is 43.2 Å². The first kappa shape index (κ1) is 27.5. The number of amides is 2. The predicted molar refractivity (Wildman–Crippen MR) is 155 cm³/mol. The van der Waals surface area contributed by atoms with Crippen LogP contribution in [0.25, 0.3) is 0 Å². The van der Waals surface area contributed by atoms with E-state index in [4.69, 9.17) is 18.9 Å². The Morgan fingerprint density at radius 2 is 1.42 bits per heavy atom. The molecule has 2 amide bonds. The van der Waals surface area contributed by atoms with Gasteiger partial charge < -0.3 is 18.9 Å². The number of carbonyl (C=O) groups is 3. The van der Waals surface area contributed by atoms with Gasteiger partial charge in [-0.2, -0.15) is 0 Å². The smallest absolute Gasteiger partial charge is 0.324 e. The summed E-state index contributed by atoms with van der Waals surface area (Å²) in [4.78, 5) is 45.6. The Kier molecular flexibility index (Phi) is 6.88. The standard InChI is InChI=1S/C34H32N2O7/c1-34(2)42-25-18-24(41-33(25)43-34)28-26-27(31(38)36(30(26)37)23-16-10-5-11-17-23)29(35(28)19-21-12-6-3-7-13-21)32(39)40-20-22-14-8-4-9-15-22/h3-18,25-29,33H,19-20H2,1-2H3/t25-,26?,27?,28+,29-,33-/m1/s1. The zero-order chi connectivity index (χ0) is 29.7. The number of hydrogen-bond acceptors (Lipinski definition) is 8. The summed E-state index contributed by atoms with van der Waals surface area (Å²) >= 11 is 0. The molecule has 9 heteroatoms. The molecule has 0 N–H and O–H groups in total. The van der Waals surface area contributed by atoms with Gasteiger partial charge in [0.2, 0.25) is 18.1 Å². The van der Waals surface area contributed by atoms with Crippen LogP contribution in [0.1, 0.15) is 25.0 Å². The number of nitrogens with zero attached hydrogens (tertiary/aromatic N) is 2. The first-order valence-corrected chi connectivity index (χ1v) is 14.5. The number of likely N-dealkylation sites (tertiary alicyclic amines) is 1. The van der Waals surface area contributed by atoms with E-state index in [1.165, 1.54) is 4.90 Å². The van der Waals surface area contributed by atoms with Crippen molar-refractivity contribution in [2.45, 2.75) is 57.3 Å². The monoisotopic (exact) mass is 580 g/mol. The number of carbonyl (C=O) groups excluding carboxylic acids is 3. The fourth-order valence-corrected chi connectivity index (χ4v) is 6.69. The van der Waals surface area contributed by atoms with Crippen LogP contribution in [0.4, 0.5) is 5.69 Å². The highest BCUT2D eigenvalue weighted by Gasteiger charge is 2.66. The van der Waals surface area contributed by atoms with E-state index in [2.05, 4.69) is 0 Å². The minimum atomic E-state index is -1.03. The molecule has 2 unspecified atom stereocenters. The van der Waals surface area contributed by atoms with Crippen molar-refractivity contribution in [1.29, 1.82) is 0 Å². The number of benzene rings is 3. The van der Waals surface area contributed by atoms with Crippen molar-refractivity contribution in [2.24, 2.45) is 11.8 Å². The van der Waals surface area contributed by atoms with E-state index in [0.29, 0.717) is 18.0 Å². The number of para-hydroxylation sites is 1. The number of hydrogen-bond donors (Lipinski definition) is 0. The van der Waals surface area contributed by atoms with Crippen molar-refractivity contribution in [3.05, 3.63) is 114 Å². The molecule has 0 radical (unpaired) electrons. The van der Waals surface area contributed by atoms with Gasteiger partial charge in [-0.15, -0.1) is 0 Å². The molecule has 0 aromatic heterocycles. The second-order valence-corrected chi connectivity index (χ2v) is 11.7. The van der Waals surface area contributed by atoms with E-state index in [0.717, 1.165) is 11.1 Å². The van der Waals surface area contributed by atoms with Gasteiger partial charge in [-0.1, -0.05) is 78.9 Å². The van der Waals surface area contributed by atoms with Gasteiger partial charge in [-0.3, -0.25) is 19.3 Å². The van der Waals surface area contributed by atoms with Gasteiger partial charge in [-0.25, -0.2) is 4.90 Å². The molecule has 6 atom stereocenters. The van der Waals surface area contributed by atoms with E-state index in [1.54, 1.807) is 24.3 Å². The summed E-state index contributed by atoms with van der Waals surface area (Å²) in [6, 6.07) is 26.0. The lowest BCUT2D eigenvalue weighted by Gasteiger charge is -2.33. The Bertz CT molecular complexity index is 1560. The van der Waals surface area contributed by atoms with Gasteiger partial charge in [0.05, 0.1) is 23.6 Å². The summed E-state index contributed by atoms with van der Waals surface area (Å²) in [5, 5.41) is 0. The van der Waals surface area contributed by atoms with Crippen LogP contribution >= 0.6 is 0 Å². The van der Waals surface area contributed by atoms with E-state index in [9.17, 15) is 14.4 Å². The fraction of sp³-hybridized carbons (Fsp3) is 0.324. The normalized spacial score (nSPS) is 29.3. The van der Waals surface area contributed by atoms with E-state index < -0.39 is 54.0 Å². The molecule has 3 saturated heterocycles. The van der Waals surface area contributed by atoms with Crippen molar-refractivity contribution in [3.63, 3.8) is 0 Å². The SMILES string of the molecule is CC1(C)O[C@H]2OC([C@H]3C4C(=O)N(c5ccccc5)C(=O)C4[C@H](C(=O)OCc4ccccc4)N3Cc3ccccc3)=C[C@H]2O1. The van der Waals surface area contributed by atoms with Crippen LogP contribution in [-0.2, 0) is 46.5 Å². The molecule has 4 heterocycles. The Hall–Kier alpha value is -4.31.